The molecule has 0 aliphatic heterocycles. The maximum absolute atomic E-state index is 5.71. The summed E-state index contributed by atoms with van der Waals surface area (Å²) < 4.78 is 17.1. The molecule has 4 heteroatoms. The van der Waals surface area contributed by atoms with Gasteiger partial charge in [0.25, 0.3) is 0 Å². The molecular formula is C13H22O3Si. The molecule has 3 nitrogen and oxygen atoms in total. The van der Waals surface area contributed by atoms with Gasteiger partial charge in [-0.15, -0.1) is 19.7 Å². The van der Waals surface area contributed by atoms with Crippen LogP contribution in [0, 0.1) is 0 Å². The van der Waals surface area contributed by atoms with Gasteiger partial charge in [-0.05, 0) is 6.92 Å². The van der Waals surface area contributed by atoms with E-state index in [1.165, 1.54) is 0 Å². The molecule has 0 aliphatic rings. The molecule has 0 bridgehead atoms. The van der Waals surface area contributed by atoms with E-state index in [2.05, 4.69) is 19.7 Å². The SMILES string of the molecule is C=CCO[Si](C/C=C/C)(OCC=C)OCC=C. The maximum Gasteiger partial charge on any atom is 0.505 e. The standard InChI is InChI=1S/C13H22O3Si/c1-5-9-13-17(14-10-6-2,15-11-7-3)16-12-8-4/h5-9H,2-4,10-13H2,1H3/b9-5+. The number of hydrogen-bond acceptors (Lipinski definition) is 3. The Labute approximate surface area is 105 Å². The first-order valence-corrected chi connectivity index (χ1v) is 7.53. The predicted molar refractivity (Wildman–Crippen MR) is 73.8 cm³/mol. The van der Waals surface area contributed by atoms with Gasteiger partial charge < -0.3 is 13.3 Å². The Morgan fingerprint density at radius 1 is 0.882 bits per heavy atom. The van der Waals surface area contributed by atoms with E-state index in [0.29, 0.717) is 25.9 Å². The van der Waals surface area contributed by atoms with E-state index in [1.807, 2.05) is 19.1 Å². The van der Waals surface area contributed by atoms with E-state index in [1.54, 1.807) is 18.2 Å². The van der Waals surface area contributed by atoms with Gasteiger partial charge in [0, 0.05) is 6.04 Å². The van der Waals surface area contributed by atoms with Crippen molar-refractivity contribution in [2.45, 2.75) is 13.0 Å². The first kappa shape index (κ1) is 16.1. The second kappa shape index (κ2) is 10.2. The monoisotopic (exact) mass is 254 g/mol. The molecule has 0 atom stereocenters. The maximum atomic E-state index is 5.71. The van der Waals surface area contributed by atoms with E-state index in [9.17, 15) is 0 Å². The van der Waals surface area contributed by atoms with Crippen LogP contribution in [0.2, 0.25) is 6.04 Å². The largest absolute Gasteiger partial charge is 0.505 e. The fourth-order valence-corrected chi connectivity index (χ4v) is 3.36. The molecule has 0 radical (unpaired) electrons. The quantitative estimate of drug-likeness (QED) is 0.419. The Kier molecular flexibility index (Phi) is 9.66. The Balaban J connectivity index is 4.66. The third-order valence-electron chi connectivity index (χ3n) is 1.87. The highest BCUT2D eigenvalue weighted by Crippen LogP contribution is 2.17. The fourth-order valence-electron chi connectivity index (χ4n) is 1.12. The van der Waals surface area contributed by atoms with Gasteiger partial charge in [-0.1, -0.05) is 30.4 Å². The summed E-state index contributed by atoms with van der Waals surface area (Å²) in [6.45, 7) is 14.1. The predicted octanol–water partition coefficient (Wildman–Crippen LogP) is 3.11. The lowest BCUT2D eigenvalue weighted by atomic mass is 10.6. The van der Waals surface area contributed by atoms with Gasteiger partial charge in [0.15, 0.2) is 0 Å². The summed E-state index contributed by atoms with van der Waals surface area (Å²) in [4.78, 5) is 0. The molecule has 0 saturated carbocycles. The van der Waals surface area contributed by atoms with Crippen LogP contribution in [0.1, 0.15) is 6.92 Å². The minimum absolute atomic E-state index is 0.415. The highest BCUT2D eigenvalue weighted by Gasteiger charge is 2.39. The van der Waals surface area contributed by atoms with Crippen molar-refractivity contribution in [3.05, 3.63) is 50.1 Å². The van der Waals surface area contributed by atoms with Crippen LogP contribution in [0.15, 0.2) is 50.1 Å². The summed E-state index contributed by atoms with van der Waals surface area (Å²) in [5, 5.41) is 0. The highest BCUT2D eigenvalue weighted by atomic mass is 28.4. The van der Waals surface area contributed by atoms with Crippen molar-refractivity contribution in [1.29, 1.82) is 0 Å². The van der Waals surface area contributed by atoms with Crippen molar-refractivity contribution < 1.29 is 13.3 Å². The first-order chi connectivity index (χ1) is 8.24. The summed E-state index contributed by atoms with van der Waals surface area (Å²) in [7, 11) is -2.68. The molecule has 0 aromatic rings. The molecule has 0 saturated heterocycles. The van der Waals surface area contributed by atoms with Crippen LogP contribution in [-0.2, 0) is 13.3 Å². The Morgan fingerprint density at radius 3 is 1.59 bits per heavy atom. The molecule has 0 amide bonds. The molecule has 17 heavy (non-hydrogen) atoms. The van der Waals surface area contributed by atoms with Crippen LogP contribution in [0.3, 0.4) is 0 Å². The summed E-state index contributed by atoms with van der Waals surface area (Å²) in [5.74, 6) is 0. The summed E-state index contributed by atoms with van der Waals surface area (Å²) in [6, 6.07) is 0.638. The van der Waals surface area contributed by atoms with Gasteiger partial charge in [0.1, 0.15) is 0 Å². The average Bonchev–Trinajstić information content (AvgIpc) is 2.37. The van der Waals surface area contributed by atoms with Crippen LogP contribution in [0.5, 0.6) is 0 Å². The number of rotatable bonds is 11. The van der Waals surface area contributed by atoms with Crippen LogP contribution in [0.4, 0.5) is 0 Å². The van der Waals surface area contributed by atoms with E-state index < -0.39 is 8.80 Å². The zero-order valence-corrected chi connectivity index (χ0v) is 11.6. The van der Waals surface area contributed by atoms with Gasteiger partial charge in [-0.25, -0.2) is 0 Å². The van der Waals surface area contributed by atoms with E-state index >= 15 is 0 Å². The number of hydrogen-bond donors (Lipinski definition) is 0. The van der Waals surface area contributed by atoms with Crippen molar-refractivity contribution in [3.8, 4) is 0 Å². The van der Waals surface area contributed by atoms with Crippen molar-refractivity contribution in [1.82, 2.24) is 0 Å². The smallest absolute Gasteiger partial charge is 0.369 e. The van der Waals surface area contributed by atoms with Gasteiger partial charge in [-0.2, -0.15) is 0 Å². The molecule has 0 heterocycles. The first-order valence-electron chi connectivity index (χ1n) is 5.60. The molecule has 0 rings (SSSR count). The summed E-state index contributed by atoms with van der Waals surface area (Å²) in [5.41, 5.74) is 0. The Morgan fingerprint density at radius 2 is 1.29 bits per heavy atom. The molecule has 0 N–H and O–H groups in total. The van der Waals surface area contributed by atoms with Gasteiger partial charge in [-0.3, -0.25) is 0 Å². The number of allylic oxidation sites excluding steroid dienone is 2. The molecule has 0 aliphatic carbocycles. The normalized spacial score (nSPS) is 11.6. The van der Waals surface area contributed by atoms with Crippen LogP contribution in [-0.4, -0.2) is 28.6 Å². The lowest BCUT2D eigenvalue weighted by molar-refractivity contribution is 0.0892. The Hall–Kier alpha value is -0.943. The average molecular weight is 254 g/mol. The second-order valence-electron chi connectivity index (χ2n) is 3.26. The summed E-state index contributed by atoms with van der Waals surface area (Å²) >= 11 is 0. The third kappa shape index (κ3) is 7.07. The van der Waals surface area contributed by atoms with Crippen molar-refractivity contribution >= 4 is 8.80 Å². The zero-order chi connectivity index (χ0) is 13.0. The van der Waals surface area contributed by atoms with Crippen LogP contribution < -0.4 is 0 Å². The van der Waals surface area contributed by atoms with E-state index in [0.717, 1.165) is 0 Å². The van der Waals surface area contributed by atoms with Gasteiger partial charge in [0.2, 0.25) is 0 Å². The summed E-state index contributed by atoms with van der Waals surface area (Å²) in [6.07, 6.45) is 9.00. The minimum atomic E-state index is -2.68. The Bertz CT molecular complexity index is 230. The molecule has 96 valence electrons. The zero-order valence-electron chi connectivity index (χ0n) is 10.6. The highest BCUT2D eigenvalue weighted by molar-refractivity contribution is 6.61. The van der Waals surface area contributed by atoms with E-state index in [4.69, 9.17) is 13.3 Å². The van der Waals surface area contributed by atoms with E-state index in [-0.39, 0.29) is 0 Å². The van der Waals surface area contributed by atoms with Crippen molar-refractivity contribution in [2.75, 3.05) is 19.8 Å². The minimum Gasteiger partial charge on any atom is -0.369 e. The van der Waals surface area contributed by atoms with Crippen LogP contribution in [0.25, 0.3) is 0 Å². The second-order valence-corrected chi connectivity index (χ2v) is 5.90. The molecule has 0 aromatic heterocycles. The molecule has 0 fully saturated rings. The lowest BCUT2D eigenvalue weighted by Gasteiger charge is -2.27. The molecule has 0 aromatic carbocycles. The molecule has 0 spiro atoms. The van der Waals surface area contributed by atoms with Gasteiger partial charge >= 0.3 is 8.80 Å². The molecule has 0 unspecified atom stereocenters. The van der Waals surface area contributed by atoms with Crippen LogP contribution >= 0.6 is 0 Å². The topological polar surface area (TPSA) is 27.7 Å². The van der Waals surface area contributed by atoms with Crippen molar-refractivity contribution in [2.24, 2.45) is 0 Å². The fraction of sp³-hybridized carbons (Fsp3) is 0.385. The van der Waals surface area contributed by atoms with Gasteiger partial charge in [0.05, 0.1) is 19.8 Å². The molecular weight excluding hydrogens is 232 g/mol. The third-order valence-corrected chi connectivity index (χ3v) is 4.42. The van der Waals surface area contributed by atoms with Crippen molar-refractivity contribution in [3.63, 3.8) is 0 Å². The lowest BCUT2D eigenvalue weighted by Crippen LogP contribution is -2.45.